The van der Waals surface area contributed by atoms with E-state index in [0.717, 1.165) is 98.5 Å². The Bertz CT molecular complexity index is 3590. The molecule has 6 atom stereocenters. The zero-order chi connectivity index (χ0) is 58.3. The number of ether oxygens (including phenoxy) is 3. The largest absolute Gasteiger partial charge is 0.465 e. The first kappa shape index (κ1) is 59.0. The summed E-state index contributed by atoms with van der Waals surface area (Å²) in [6, 6.07) is 25.2. The zero-order valence-electron chi connectivity index (χ0n) is 45.0. The Kier molecular flexibility index (Phi) is 17.5. The highest BCUT2D eigenvalue weighted by molar-refractivity contribution is 7.90. The van der Waals surface area contributed by atoms with E-state index in [-0.39, 0.29) is 29.9 Å². The van der Waals surface area contributed by atoms with Gasteiger partial charge in [-0.3, -0.25) is 14.4 Å². The average molecular weight is 1260 g/mol. The van der Waals surface area contributed by atoms with E-state index in [2.05, 4.69) is 24.9 Å². The number of piperidine rings is 2. The van der Waals surface area contributed by atoms with Crippen LogP contribution in [0.2, 0.25) is 20.1 Å². The second-order valence-corrected chi connectivity index (χ2v) is 27.2. The molecular weight excluding hydrogens is 1190 g/mol. The molecule has 440 valence electrons. The molecule has 2 aliphatic heterocycles. The number of aliphatic hydroxyl groups excluding tert-OH is 1. The summed E-state index contributed by atoms with van der Waals surface area (Å²) in [6.07, 6.45) is 8.18. The Hall–Kier alpha value is -5.75. The summed E-state index contributed by atoms with van der Waals surface area (Å²) in [4.78, 5) is 40.3. The Balaban J connectivity index is 0.000000174. The van der Waals surface area contributed by atoms with E-state index in [9.17, 15) is 31.2 Å². The highest BCUT2D eigenvalue weighted by Gasteiger charge is 2.47. The molecule has 2 aromatic heterocycles. The Morgan fingerprint density at radius 3 is 1.35 bits per heavy atom. The summed E-state index contributed by atoms with van der Waals surface area (Å²) in [6.45, 7) is 2.70. The smallest absolute Gasteiger partial charge is 0.302 e. The highest BCUT2D eigenvalue weighted by Crippen LogP contribution is 2.50. The number of aliphatic hydroxyl groups is 1. The van der Waals surface area contributed by atoms with Gasteiger partial charge in [0, 0.05) is 101 Å². The molecule has 4 saturated carbocycles. The molecule has 4 heterocycles. The second-order valence-electron chi connectivity index (χ2n) is 21.9. The monoisotopic (exact) mass is 1250 g/mol. The van der Waals surface area contributed by atoms with Crippen molar-refractivity contribution >= 4 is 95.6 Å². The normalized spacial score (nSPS) is 21.7. The van der Waals surface area contributed by atoms with Crippen molar-refractivity contribution in [1.82, 2.24) is 19.8 Å². The van der Waals surface area contributed by atoms with Crippen molar-refractivity contribution in [3.63, 3.8) is 0 Å². The summed E-state index contributed by atoms with van der Waals surface area (Å²) in [5.74, 6) is 0.0719. The van der Waals surface area contributed by atoms with E-state index in [1.807, 2.05) is 33.7 Å². The van der Waals surface area contributed by atoms with Crippen LogP contribution in [0, 0.1) is 11.8 Å². The van der Waals surface area contributed by atoms with Gasteiger partial charge in [-0.25, -0.2) is 26.3 Å². The van der Waals surface area contributed by atoms with Crippen molar-refractivity contribution in [1.29, 1.82) is 0 Å². The fourth-order valence-corrected chi connectivity index (χ4v) is 14.6. The van der Waals surface area contributed by atoms with Gasteiger partial charge in [-0.2, -0.15) is 0 Å². The third-order valence-corrected chi connectivity index (χ3v) is 19.9. The number of nitrogens with one attached hydrogen (secondary N) is 2. The molecule has 19 nitrogen and oxygen atoms in total. The van der Waals surface area contributed by atoms with Gasteiger partial charge < -0.3 is 38.2 Å². The summed E-state index contributed by atoms with van der Waals surface area (Å²) < 4.78 is 81.0. The summed E-state index contributed by atoms with van der Waals surface area (Å²) in [5.41, 5.74) is 6.87. The van der Waals surface area contributed by atoms with Crippen molar-refractivity contribution in [2.45, 2.75) is 108 Å². The maximum absolute atomic E-state index is 12.5. The van der Waals surface area contributed by atoms with Crippen LogP contribution in [-0.4, -0.2) is 112 Å². The molecule has 0 radical (unpaired) electrons. The van der Waals surface area contributed by atoms with Crippen molar-refractivity contribution in [2.75, 3.05) is 47.6 Å². The van der Waals surface area contributed by atoms with Crippen molar-refractivity contribution in [2.24, 2.45) is 11.8 Å². The minimum atomic E-state index is -3.94. The van der Waals surface area contributed by atoms with E-state index in [4.69, 9.17) is 70.0 Å². The first-order chi connectivity index (χ1) is 39.8. The van der Waals surface area contributed by atoms with E-state index in [0.29, 0.717) is 91.6 Å². The minimum Gasteiger partial charge on any atom is -0.465 e. The molecular formula is C58H60Cl4N6O13S2. The number of halogens is 4. The van der Waals surface area contributed by atoms with Crippen LogP contribution in [0.4, 0.5) is 11.4 Å². The molecule has 3 N–H and O–H groups in total. The number of carbonyl (C=O) groups is 3. The lowest BCUT2D eigenvalue weighted by Crippen LogP contribution is -2.38. The maximum atomic E-state index is 12.5. The van der Waals surface area contributed by atoms with Crippen LogP contribution in [0.3, 0.4) is 0 Å². The lowest BCUT2D eigenvalue weighted by molar-refractivity contribution is -0.140. The van der Waals surface area contributed by atoms with Gasteiger partial charge in [0.15, 0.2) is 0 Å². The number of esters is 1. The number of nitrogens with zero attached hydrogens (tertiary/aromatic N) is 4. The molecule has 4 bridgehead atoms. The summed E-state index contributed by atoms with van der Waals surface area (Å²) >= 11 is 26.0. The topological polar surface area (TPSA) is 250 Å². The van der Waals surface area contributed by atoms with Crippen LogP contribution < -0.4 is 19.2 Å². The van der Waals surface area contributed by atoms with Crippen LogP contribution in [0.1, 0.15) is 113 Å². The quantitative estimate of drug-likeness (QED) is 0.0567. The predicted octanol–water partition coefficient (Wildman–Crippen LogP) is 10.1. The first-order valence-electron chi connectivity index (χ1n) is 27.5. The molecule has 6 aromatic rings. The number of amides is 2. The third kappa shape index (κ3) is 13.4. The Labute approximate surface area is 500 Å². The molecule has 0 unspecified atom stereocenters. The van der Waals surface area contributed by atoms with Crippen molar-refractivity contribution in [3.05, 3.63) is 139 Å². The maximum Gasteiger partial charge on any atom is 0.302 e. The summed E-state index contributed by atoms with van der Waals surface area (Å²) in [5, 5.41) is 19.6. The lowest BCUT2D eigenvalue weighted by Gasteiger charge is -2.33. The number of sulfonamides is 2. The fourth-order valence-electron chi connectivity index (χ4n) is 11.9. The van der Waals surface area contributed by atoms with E-state index in [1.165, 1.54) is 6.92 Å². The van der Waals surface area contributed by atoms with Crippen LogP contribution in [0.25, 0.3) is 22.5 Å². The van der Waals surface area contributed by atoms with Crippen molar-refractivity contribution in [3.8, 4) is 22.5 Å². The van der Waals surface area contributed by atoms with Gasteiger partial charge in [0.25, 0.3) is 11.8 Å². The van der Waals surface area contributed by atoms with Crippen LogP contribution >= 0.6 is 46.4 Å². The molecule has 83 heavy (non-hydrogen) atoms. The van der Waals surface area contributed by atoms with Gasteiger partial charge in [0.05, 0.1) is 57.9 Å². The van der Waals surface area contributed by atoms with Crippen LogP contribution in [-0.2, 0) is 52.3 Å². The molecule has 4 aromatic carbocycles. The number of hydrogen-bond donors (Lipinski definition) is 3. The van der Waals surface area contributed by atoms with Crippen LogP contribution in [0.15, 0.2) is 94.0 Å². The number of fused-ring (bicyclic) bond motifs is 4. The molecule has 2 saturated heterocycles. The number of carbonyl (C=O) groups excluding carboxylic acids is 3. The first-order valence-corrected chi connectivity index (χ1v) is 32.3. The van der Waals surface area contributed by atoms with Gasteiger partial charge in [-0.1, -0.05) is 68.8 Å². The molecule has 6 fully saturated rings. The zero-order valence-corrected chi connectivity index (χ0v) is 49.6. The van der Waals surface area contributed by atoms with Crippen molar-refractivity contribution < 1.29 is 59.6 Å². The van der Waals surface area contributed by atoms with E-state index in [1.54, 1.807) is 60.7 Å². The Morgan fingerprint density at radius 1 is 0.602 bits per heavy atom. The number of hydrogen-bond acceptors (Lipinski definition) is 17. The second kappa shape index (κ2) is 24.7. The van der Waals surface area contributed by atoms with E-state index >= 15 is 0 Å². The standard InChI is InChI=1S/C30H31Cl2N3O7S.C28H29Cl2N3O6S/c1-17(36)40-11-12-43(38,39)34-30(37)19-7-9-21(10-8-19)35-15-20-13-22(35)14-26(20)41-16-23-28(33-42-29(23)18-5-6-18)27-24(31)3-2-4-25(27)32;29-22-2-1-3-23(30)25(22)26-21(27(39-31-26)16-4-5-16)15-38-24-13-20-12-18(24)14-33(20)19-8-6-17(7-9-19)28(35)32-40(36,37)11-10-34/h2-4,7-10,18,20,22,26H,5-6,11-16H2,1H3,(H,34,37);1-3,6-9,16,18,20,24,34H,4-5,10-15H2,(H,32,35)/t20-,22-,26+;18-,20-,24+/m00/s1. The third-order valence-electron chi connectivity index (χ3n) is 16.2. The summed E-state index contributed by atoms with van der Waals surface area (Å²) in [7, 11) is -7.80. The number of aromatic nitrogens is 2. The molecule has 2 amide bonds. The molecule has 12 rings (SSSR count). The molecule has 25 heteroatoms. The van der Waals surface area contributed by atoms with E-state index < -0.39 is 55.9 Å². The van der Waals surface area contributed by atoms with Gasteiger partial charge in [-0.15, -0.1) is 0 Å². The Morgan fingerprint density at radius 2 is 1.00 bits per heavy atom. The van der Waals surface area contributed by atoms with Gasteiger partial charge in [-0.05, 0) is 124 Å². The fraction of sp³-hybridized carbons (Fsp3) is 0.431. The highest BCUT2D eigenvalue weighted by atomic mass is 35.5. The SMILES string of the molecule is CC(=O)OCCS(=O)(=O)NC(=O)c1ccc(N2C[C@@H]3C[C@H]2C[C@H]3OCc2c(-c3c(Cl)cccc3Cl)noc2C2CC2)cc1.O=C(NS(=O)(=O)CCO)c1ccc(N2C[C@@H]3C[C@H]2C[C@H]3OCc2c(-c3c(Cl)cccc3Cl)noc2C2CC2)cc1. The number of benzene rings is 4. The lowest BCUT2D eigenvalue weighted by atomic mass is 10.0. The van der Waals surface area contributed by atoms with Gasteiger partial charge >= 0.3 is 5.97 Å². The number of rotatable bonds is 21. The predicted molar refractivity (Wildman–Crippen MR) is 312 cm³/mol. The molecule has 0 spiro atoms. The molecule has 4 aliphatic carbocycles. The molecule has 6 aliphatic rings. The van der Waals surface area contributed by atoms with Gasteiger partial charge in [0.1, 0.15) is 35.3 Å². The number of anilines is 2. The minimum absolute atomic E-state index is 0.0833. The average Bonchev–Trinajstić information content (AvgIpc) is 3.13. The van der Waals surface area contributed by atoms with Gasteiger partial charge in [0.2, 0.25) is 20.0 Å². The van der Waals surface area contributed by atoms with Crippen LogP contribution in [0.5, 0.6) is 0 Å².